The van der Waals surface area contributed by atoms with Gasteiger partial charge < -0.3 is 27.6 Å². The molecule has 0 unspecified atom stereocenters. The van der Waals surface area contributed by atoms with Gasteiger partial charge >= 0.3 is 5.97 Å². The van der Waals surface area contributed by atoms with Crippen molar-refractivity contribution in [1.82, 2.24) is 5.32 Å². The molecule has 0 heterocycles. The Morgan fingerprint density at radius 1 is 1.03 bits per heavy atom. The molecule has 0 aliphatic rings. The van der Waals surface area contributed by atoms with Crippen molar-refractivity contribution in [3.8, 4) is 0 Å². The zero-order valence-corrected chi connectivity index (χ0v) is 19.4. The normalized spacial score (nSPS) is 13.1. The van der Waals surface area contributed by atoms with Crippen LogP contribution in [-0.4, -0.2) is 53.8 Å². The van der Waals surface area contributed by atoms with Crippen molar-refractivity contribution in [2.45, 2.75) is 31.3 Å². The number of hydrogen-bond acceptors (Lipinski definition) is 6. The number of amides is 2. The van der Waals surface area contributed by atoms with E-state index in [9.17, 15) is 24.3 Å². The number of hydrogen-bond donors (Lipinski definition) is 5. The number of anilines is 1. The first-order chi connectivity index (χ1) is 16.6. The molecule has 2 amide bonds. The molecular weight excluding hydrogens is 452 g/mol. The predicted octanol–water partition coefficient (Wildman–Crippen LogP) is 0.0858. The van der Waals surface area contributed by atoms with Gasteiger partial charge in [0.2, 0.25) is 17.4 Å². The third kappa shape index (κ3) is 6.42. The molecule has 11 nitrogen and oxygen atoms in total. The Morgan fingerprint density at radius 3 is 2.11 bits per heavy atom. The maximum Gasteiger partial charge on any atom is 0.342 e. The quantitative estimate of drug-likeness (QED) is 0.121. The van der Waals surface area contributed by atoms with Gasteiger partial charge in [0, 0.05) is 12.2 Å². The molecule has 11 heteroatoms. The average Bonchev–Trinajstić information content (AvgIpc) is 2.83. The smallest absolute Gasteiger partial charge is 0.342 e. The first kappa shape index (κ1) is 27.0. The number of nitrogens with one attached hydrogen (secondary N) is 1. The third-order valence-electron chi connectivity index (χ3n) is 5.33. The van der Waals surface area contributed by atoms with E-state index in [4.69, 9.17) is 17.2 Å². The van der Waals surface area contributed by atoms with E-state index in [1.165, 1.54) is 24.3 Å². The molecule has 2 rings (SSSR count). The molecule has 0 saturated carbocycles. The first-order valence-corrected chi connectivity index (χ1v) is 10.9. The van der Waals surface area contributed by atoms with Gasteiger partial charge in [-0.25, -0.2) is 4.79 Å². The number of ketones is 1. The Labute approximate surface area is 203 Å². The molecule has 186 valence electrons. The summed E-state index contributed by atoms with van der Waals surface area (Å²) in [6, 6.07) is 14.7. The fourth-order valence-electron chi connectivity index (χ4n) is 3.66. The number of para-hydroxylation sites is 1. The zero-order valence-electron chi connectivity index (χ0n) is 19.4. The number of carbonyl (C=O) groups is 4. The minimum absolute atomic E-state index is 0.0691. The molecule has 0 fully saturated rings. The van der Waals surface area contributed by atoms with Gasteiger partial charge in [-0.2, -0.15) is 0 Å². The van der Waals surface area contributed by atoms with Gasteiger partial charge in [0.05, 0.1) is 12.6 Å². The molecule has 0 saturated heterocycles. The minimum Gasteiger partial charge on any atom is -0.479 e. The van der Waals surface area contributed by atoms with Crippen LogP contribution in [0.15, 0.2) is 65.7 Å². The van der Waals surface area contributed by atoms with Gasteiger partial charge in [0.15, 0.2) is 11.7 Å². The topological polar surface area (TPSA) is 194 Å². The Hall–Kier alpha value is -4.25. The van der Waals surface area contributed by atoms with Crippen LogP contribution in [-0.2, 0) is 24.7 Å². The Bertz CT molecular complexity index is 1060. The molecule has 0 aliphatic carbocycles. The van der Waals surface area contributed by atoms with Crippen LogP contribution >= 0.6 is 0 Å². The van der Waals surface area contributed by atoms with E-state index < -0.39 is 41.7 Å². The lowest BCUT2D eigenvalue weighted by molar-refractivity contribution is -0.150. The monoisotopic (exact) mass is 482 g/mol. The third-order valence-corrected chi connectivity index (χ3v) is 5.33. The highest BCUT2D eigenvalue weighted by atomic mass is 16.4. The maximum absolute atomic E-state index is 13.4. The zero-order chi connectivity index (χ0) is 26.0. The average molecular weight is 483 g/mol. The number of benzene rings is 2. The molecule has 0 aliphatic heterocycles. The van der Waals surface area contributed by atoms with Gasteiger partial charge in [-0.15, -0.1) is 0 Å². The van der Waals surface area contributed by atoms with Crippen molar-refractivity contribution in [1.29, 1.82) is 0 Å². The van der Waals surface area contributed by atoms with E-state index >= 15 is 0 Å². The lowest BCUT2D eigenvalue weighted by Crippen LogP contribution is -2.61. The molecule has 2 aromatic carbocycles. The predicted molar refractivity (Wildman–Crippen MR) is 131 cm³/mol. The number of carboxylic acid groups (broad SMARTS) is 1. The summed E-state index contributed by atoms with van der Waals surface area (Å²) >= 11 is 0. The molecule has 0 radical (unpaired) electrons. The minimum atomic E-state index is -2.35. The van der Waals surface area contributed by atoms with Crippen molar-refractivity contribution in [2.24, 2.45) is 22.2 Å². The Morgan fingerprint density at radius 2 is 1.60 bits per heavy atom. The number of rotatable bonds is 12. The van der Waals surface area contributed by atoms with Crippen LogP contribution in [0.5, 0.6) is 0 Å². The summed E-state index contributed by atoms with van der Waals surface area (Å²) in [4.78, 5) is 56.2. The molecule has 0 bridgehead atoms. The summed E-state index contributed by atoms with van der Waals surface area (Å²) in [7, 11) is 0. The van der Waals surface area contributed by atoms with Crippen molar-refractivity contribution in [3.05, 3.63) is 66.2 Å². The van der Waals surface area contributed by atoms with Crippen LogP contribution in [0.1, 0.15) is 25.3 Å². The van der Waals surface area contributed by atoms with Crippen LogP contribution < -0.4 is 27.4 Å². The summed E-state index contributed by atoms with van der Waals surface area (Å²) in [5.41, 5.74) is 14.3. The van der Waals surface area contributed by atoms with Crippen LogP contribution in [0, 0.1) is 0 Å². The summed E-state index contributed by atoms with van der Waals surface area (Å²) in [6.07, 6.45) is 0.701. The van der Waals surface area contributed by atoms with Crippen molar-refractivity contribution >= 4 is 35.2 Å². The highest BCUT2D eigenvalue weighted by molar-refractivity contribution is 6.17. The molecule has 8 N–H and O–H groups in total. The van der Waals surface area contributed by atoms with Crippen LogP contribution in [0.2, 0.25) is 0 Å². The van der Waals surface area contributed by atoms with Crippen molar-refractivity contribution in [3.63, 3.8) is 0 Å². The van der Waals surface area contributed by atoms with Crippen molar-refractivity contribution in [2.75, 3.05) is 18.0 Å². The summed E-state index contributed by atoms with van der Waals surface area (Å²) < 4.78 is 0. The van der Waals surface area contributed by atoms with Gasteiger partial charge in [0.1, 0.15) is 0 Å². The van der Waals surface area contributed by atoms with Crippen LogP contribution in [0.25, 0.3) is 0 Å². The first-order valence-electron chi connectivity index (χ1n) is 10.9. The largest absolute Gasteiger partial charge is 0.479 e. The van der Waals surface area contributed by atoms with E-state index in [0.717, 1.165) is 11.8 Å². The van der Waals surface area contributed by atoms with Gasteiger partial charge in [-0.1, -0.05) is 48.5 Å². The summed E-state index contributed by atoms with van der Waals surface area (Å²) in [5.74, 6) is -3.80. The molecular formula is C24H30N6O5. The fourth-order valence-corrected chi connectivity index (χ4v) is 3.66. The standard InChI is InChI=1S/C24H30N6O5/c1-16(31)24(22(34)35,17-9-4-2-5-10-17)30(18-11-6-3-7-12-18)20(32)15-29-21(33)19(25)13-8-14-28-23(26)27/h2-7,9-12,19H,8,13-15,25H2,1H3,(H,29,33)(H,34,35)(H4,26,27,28)/t19-,24-/m0/s1. The summed E-state index contributed by atoms with van der Waals surface area (Å²) in [5, 5.41) is 12.7. The molecule has 2 atom stereocenters. The number of carbonyl (C=O) groups excluding carboxylic acids is 3. The second kappa shape index (κ2) is 12.3. The summed E-state index contributed by atoms with van der Waals surface area (Å²) in [6.45, 7) is 0.820. The van der Waals surface area contributed by atoms with Gasteiger partial charge in [-0.05, 0) is 37.5 Å². The molecule has 2 aromatic rings. The van der Waals surface area contributed by atoms with E-state index in [1.54, 1.807) is 36.4 Å². The molecule has 0 spiro atoms. The number of aliphatic carboxylic acids is 1. The number of nitrogens with zero attached hydrogens (tertiary/aromatic N) is 2. The Kier molecular flexibility index (Phi) is 9.47. The van der Waals surface area contributed by atoms with E-state index in [0.29, 0.717) is 13.0 Å². The van der Waals surface area contributed by atoms with Crippen LogP contribution in [0.3, 0.4) is 0 Å². The number of carboxylic acids is 1. The highest BCUT2D eigenvalue weighted by Crippen LogP contribution is 2.35. The Balaban J connectivity index is 2.35. The maximum atomic E-state index is 13.4. The van der Waals surface area contributed by atoms with E-state index in [-0.39, 0.29) is 23.6 Å². The number of guanidine groups is 1. The number of Topliss-reactive ketones (excluding diaryl/α,β-unsaturated/α-hetero) is 1. The van der Waals surface area contributed by atoms with Crippen molar-refractivity contribution < 1.29 is 24.3 Å². The molecule has 0 aromatic heterocycles. The second-order valence-electron chi connectivity index (χ2n) is 7.78. The SMILES string of the molecule is CC(=O)[C@@](C(=O)O)(c1ccccc1)N(C(=O)CNC(=O)[C@@H](N)CCCN=C(N)N)c1ccccc1. The lowest BCUT2D eigenvalue weighted by atomic mass is 9.83. The second-order valence-corrected chi connectivity index (χ2v) is 7.78. The van der Waals surface area contributed by atoms with Gasteiger partial charge in [0.25, 0.3) is 0 Å². The van der Waals surface area contributed by atoms with E-state index in [2.05, 4.69) is 10.3 Å². The fraction of sp³-hybridized carbons (Fsp3) is 0.292. The van der Waals surface area contributed by atoms with Crippen LogP contribution in [0.4, 0.5) is 5.69 Å². The number of aliphatic imine (C=N–C) groups is 1. The number of nitrogens with two attached hydrogens (primary N) is 3. The lowest BCUT2D eigenvalue weighted by Gasteiger charge is -2.39. The van der Waals surface area contributed by atoms with Gasteiger partial charge in [-0.3, -0.25) is 24.3 Å². The van der Waals surface area contributed by atoms with E-state index in [1.807, 2.05) is 0 Å². The molecule has 35 heavy (non-hydrogen) atoms. The highest BCUT2D eigenvalue weighted by Gasteiger charge is 2.53.